The molecular weight excluding hydrogens is 276 g/mol. The first-order valence-corrected chi connectivity index (χ1v) is 6.53. The van der Waals surface area contributed by atoms with Crippen molar-refractivity contribution in [3.8, 4) is 11.5 Å². The van der Waals surface area contributed by atoms with Gasteiger partial charge in [0, 0.05) is 12.1 Å². The van der Waals surface area contributed by atoms with E-state index in [0.717, 1.165) is 5.56 Å². The average molecular weight is 293 g/mol. The molecule has 0 aromatic heterocycles. The van der Waals surface area contributed by atoms with Gasteiger partial charge in [0.15, 0.2) is 23.1 Å². The van der Waals surface area contributed by atoms with Crippen molar-refractivity contribution in [1.29, 1.82) is 0 Å². The molecular formula is C16H17F2NO2. The van der Waals surface area contributed by atoms with Crippen LogP contribution >= 0.6 is 0 Å². The molecule has 0 aliphatic rings. The van der Waals surface area contributed by atoms with Gasteiger partial charge in [-0.25, -0.2) is 8.78 Å². The van der Waals surface area contributed by atoms with E-state index in [9.17, 15) is 8.78 Å². The third-order valence-electron chi connectivity index (χ3n) is 3.02. The predicted molar refractivity (Wildman–Crippen MR) is 76.4 cm³/mol. The lowest BCUT2D eigenvalue weighted by Crippen LogP contribution is -2.06. The first-order chi connectivity index (χ1) is 10.2. The molecule has 0 saturated carbocycles. The fourth-order valence-electron chi connectivity index (χ4n) is 1.96. The molecule has 0 saturated heterocycles. The molecule has 0 heterocycles. The van der Waals surface area contributed by atoms with Gasteiger partial charge in [0.1, 0.15) is 6.61 Å². The summed E-state index contributed by atoms with van der Waals surface area (Å²) in [5, 5.41) is 2.94. The van der Waals surface area contributed by atoms with Crippen LogP contribution in [-0.4, -0.2) is 14.2 Å². The molecule has 0 unspecified atom stereocenters. The molecule has 0 aliphatic carbocycles. The van der Waals surface area contributed by atoms with Gasteiger partial charge in [0.05, 0.1) is 7.11 Å². The lowest BCUT2D eigenvalue weighted by Gasteiger charge is -2.11. The zero-order chi connectivity index (χ0) is 15.2. The van der Waals surface area contributed by atoms with E-state index >= 15 is 0 Å². The average Bonchev–Trinajstić information content (AvgIpc) is 2.48. The molecule has 1 N–H and O–H groups in total. The monoisotopic (exact) mass is 293 g/mol. The summed E-state index contributed by atoms with van der Waals surface area (Å²) in [5.41, 5.74) is 1.13. The number of benzene rings is 2. The van der Waals surface area contributed by atoms with Crippen molar-refractivity contribution < 1.29 is 18.3 Å². The van der Waals surface area contributed by atoms with E-state index in [2.05, 4.69) is 5.32 Å². The Balaban J connectivity index is 2.10. The van der Waals surface area contributed by atoms with Crippen LogP contribution in [0.1, 0.15) is 11.1 Å². The number of hydrogen-bond donors (Lipinski definition) is 1. The smallest absolute Gasteiger partial charge is 0.171 e. The van der Waals surface area contributed by atoms with E-state index in [0.29, 0.717) is 12.1 Å². The van der Waals surface area contributed by atoms with Crippen LogP contribution in [0.3, 0.4) is 0 Å². The summed E-state index contributed by atoms with van der Waals surface area (Å²) in [6.45, 7) is 0.507. The van der Waals surface area contributed by atoms with Crippen LogP contribution in [0.15, 0.2) is 36.4 Å². The van der Waals surface area contributed by atoms with Crippen molar-refractivity contribution in [1.82, 2.24) is 5.32 Å². The summed E-state index contributed by atoms with van der Waals surface area (Å²) in [6.07, 6.45) is 0. The summed E-state index contributed by atoms with van der Waals surface area (Å²) >= 11 is 0. The Morgan fingerprint density at radius 1 is 1.10 bits per heavy atom. The second-order valence-electron chi connectivity index (χ2n) is 4.52. The Morgan fingerprint density at radius 2 is 1.90 bits per heavy atom. The molecule has 2 aromatic rings. The van der Waals surface area contributed by atoms with E-state index in [4.69, 9.17) is 9.47 Å². The highest BCUT2D eigenvalue weighted by molar-refractivity contribution is 5.32. The largest absolute Gasteiger partial charge is 0.494 e. The third kappa shape index (κ3) is 3.70. The van der Waals surface area contributed by atoms with Gasteiger partial charge in [-0.1, -0.05) is 18.2 Å². The minimum absolute atomic E-state index is 0.0642. The van der Waals surface area contributed by atoms with E-state index < -0.39 is 11.6 Å². The van der Waals surface area contributed by atoms with Crippen molar-refractivity contribution >= 4 is 0 Å². The van der Waals surface area contributed by atoms with Crippen LogP contribution in [0.2, 0.25) is 0 Å². The minimum atomic E-state index is -0.493. The maximum absolute atomic E-state index is 13.9. The van der Waals surface area contributed by atoms with E-state index in [1.807, 2.05) is 0 Å². The molecule has 0 atom stereocenters. The van der Waals surface area contributed by atoms with Crippen LogP contribution in [0.25, 0.3) is 0 Å². The van der Waals surface area contributed by atoms with Crippen molar-refractivity contribution in [2.24, 2.45) is 0 Å². The molecule has 21 heavy (non-hydrogen) atoms. The zero-order valence-electron chi connectivity index (χ0n) is 12.0. The molecule has 5 heteroatoms. The van der Waals surface area contributed by atoms with Crippen LogP contribution in [0.4, 0.5) is 8.78 Å². The second kappa shape index (κ2) is 7.04. The summed E-state index contributed by atoms with van der Waals surface area (Å²) in [4.78, 5) is 0. The van der Waals surface area contributed by atoms with Gasteiger partial charge in [0.2, 0.25) is 0 Å². The lowest BCUT2D eigenvalue weighted by atomic mass is 10.2. The van der Waals surface area contributed by atoms with Gasteiger partial charge in [-0.15, -0.1) is 0 Å². The number of halogens is 2. The normalized spacial score (nSPS) is 10.5. The van der Waals surface area contributed by atoms with Crippen LogP contribution in [-0.2, 0) is 13.2 Å². The summed E-state index contributed by atoms with van der Waals surface area (Å²) in [6, 6.07) is 9.45. The molecule has 112 valence electrons. The number of methoxy groups -OCH3 is 1. The molecule has 3 nitrogen and oxygen atoms in total. The Kier molecular flexibility index (Phi) is 5.11. The highest BCUT2D eigenvalue weighted by atomic mass is 19.1. The summed E-state index contributed by atoms with van der Waals surface area (Å²) < 4.78 is 38.0. The third-order valence-corrected chi connectivity index (χ3v) is 3.02. The summed E-state index contributed by atoms with van der Waals surface area (Å²) in [7, 11) is 3.18. The summed E-state index contributed by atoms with van der Waals surface area (Å²) in [5.74, 6) is -0.726. The van der Waals surface area contributed by atoms with Crippen LogP contribution in [0.5, 0.6) is 11.5 Å². The highest BCUT2D eigenvalue weighted by Crippen LogP contribution is 2.23. The maximum atomic E-state index is 13.9. The molecule has 0 spiro atoms. The fourth-order valence-corrected chi connectivity index (χ4v) is 1.96. The quantitative estimate of drug-likeness (QED) is 0.886. The number of rotatable bonds is 6. The lowest BCUT2D eigenvalue weighted by molar-refractivity contribution is 0.281. The molecule has 0 aliphatic heterocycles. The van der Waals surface area contributed by atoms with Gasteiger partial charge in [-0.3, -0.25) is 0 Å². The Hall–Kier alpha value is -2.14. The van der Waals surface area contributed by atoms with Gasteiger partial charge >= 0.3 is 0 Å². The standard InChI is InChI=1S/C16H17F2NO2/c1-19-9-11-6-7-14(13(17)8-11)21-10-12-4-3-5-15(20-2)16(12)18/h3-8,19H,9-10H2,1-2H3. The van der Waals surface area contributed by atoms with Crippen LogP contribution < -0.4 is 14.8 Å². The first-order valence-electron chi connectivity index (χ1n) is 6.53. The van der Waals surface area contributed by atoms with Gasteiger partial charge in [-0.05, 0) is 30.8 Å². The molecule has 2 aromatic carbocycles. The van der Waals surface area contributed by atoms with Gasteiger partial charge in [-0.2, -0.15) is 0 Å². The van der Waals surface area contributed by atoms with Gasteiger partial charge < -0.3 is 14.8 Å². The van der Waals surface area contributed by atoms with Crippen molar-refractivity contribution in [3.05, 3.63) is 59.2 Å². The number of ether oxygens (including phenoxy) is 2. The van der Waals surface area contributed by atoms with E-state index in [1.165, 1.54) is 19.2 Å². The topological polar surface area (TPSA) is 30.5 Å². The van der Waals surface area contributed by atoms with E-state index in [1.54, 1.807) is 31.3 Å². The van der Waals surface area contributed by atoms with E-state index in [-0.39, 0.29) is 18.1 Å². The highest BCUT2D eigenvalue weighted by Gasteiger charge is 2.10. The van der Waals surface area contributed by atoms with Crippen LogP contribution in [0, 0.1) is 11.6 Å². The molecule has 0 fully saturated rings. The van der Waals surface area contributed by atoms with Crippen molar-refractivity contribution in [3.63, 3.8) is 0 Å². The predicted octanol–water partition coefficient (Wildman–Crippen LogP) is 3.27. The number of hydrogen-bond acceptors (Lipinski definition) is 3. The minimum Gasteiger partial charge on any atom is -0.494 e. The Labute approximate surface area is 122 Å². The Morgan fingerprint density at radius 3 is 2.57 bits per heavy atom. The second-order valence-corrected chi connectivity index (χ2v) is 4.52. The number of nitrogens with one attached hydrogen (secondary N) is 1. The molecule has 0 bridgehead atoms. The maximum Gasteiger partial charge on any atom is 0.171 e. The van der Waals surface area contributed by atoms with Crippen molar-refractivity contribution in [2.75, 3.05) is 14.2 Å². The first kappa shape index (κ1) is 15.3. The molecule has 0 amide bonds. The fraction of sp³-hybridized carbons (Fsp3) is 0.250. The zero-order valence-corrected chi connectivity index (χ0v) is 12.0. The van der Waals surface area contributed by atoms with Crippen molar-refractivity contribution in [2.45, 2.75) is 13.2 Å². The molecule has 0 radical (unpaired) electrons. The van der Waals surface area contributed by atoms with Gasteiger partial charge in [0.25, 0.3) is 0 Å². The molecule has 2 rings (SSSR count). The SMILES string of the molecule is CNCc1ccc(OCc2cccc(OC)c2F)c(F)c1. The Bertz CT molecular complexity index is 617.